The van der Waals surface area contributed by atoms with E-state index in [0.29, 0.717) is 28.8 Å². The summed E-state index contributed by atoms with van der Waals surface area (Å²) in [5, 5.41) is 2.67. The molecule has 0 bridgehead atoms. The molecule has 1 aliphatic heterocycles. The summed E-state index contributed by atoms with van der Waals surface area (Å²) in [7, 11) is 1.61. The summed E-state index contributed by atoms with van der Waals surface area (Å²) in [6.07, 6.45) is 1.89. The molecule has 0 radical (unpaired) electrons. The standard InChI is InChI=1S/C26H17ClFNO3/c1-32-19-9-5-16(6-10-19)3-2-4-17-8-12-24-20(13-17)25(30)21(26(31)29-24)14-18-7-11-22(27)23(28)15-18/h5-15H,3H2,1H3,(H,29,31)/b21-14+. The van der Waals surface area contributed by atoms with Crippen LogP contribution in [0, 0.1) is 17.7 Å². The monoisotopic (exact) mass is 445 g/mol. The molecule has 0 atom stereocenters. The first-order chi connectivity index (χ1) is 15.4. The summed E-state index contributed by atoms with van der Waals surface area (Å²) in [4.78, 5) is 25.4. The van der Waals surface area contributed by atoms with Crippen LogP contribution in [0.5, 0.6) is 5.75 Å². The number of fused-ring (bicyclic) bond motifs is 1. The van der Waals surface area contributed by atoms with Gasteiger partial charge in [0, 0.05) is 17.5 Å². The Kier molecular flexibility index (Phi) is 6.07. The maximum Gasteiger partial charge on any atom is 0.259 e. The van der Waals surface area contributed by atoms with E-state index >= 15 is 0 Å². The highest BCUT2D eigenvalue weighted by Crippen LogP contribution is 2.28. The quantitative estimate of drug-likeness (QED) is 0.338. The first-order valence-corrected chi connectivity index (χ1v) is 10.1. The van der Waals surface area contributed by atoms with E-state index in [1.165, 1.54) is 24.3 Å². The van der Waals surface area contributed by atoms with Crippen molar-refractivity contribution in [2.75, 3.05) is 12.4 Å². The average Bonchev–Trinajstić information content (AvgIpc) is 2.80. The summed E-state index contributed by atoms with van der Waals surface area (Å²) in [5.41, 5.74) is 2.73. The van der Waals surface area contributed by atoms with Gasteiger partial charge < -0.3 is 10.1 Å². The van der Waals surface area contributed by atoms with E-state index in [9.17, 15) is 14.0 Å². The molecule has 0 aromatic heterocycles. The molecule has 1 heterocycles. The number of anilines is 1. The zero-order chi connectivity index (χ0) is 22.7. The fourth-order valence-electron chi connectivity index (χ4n) is 3.25. The molecule has 0 saturated carbocycles. The first-order valence-electron chi connectivity index (χ1n) is 9.73. The topological polar surface area (TPSA) is 55.4 Å². The van der Waals surface area contributed by atoms with Gasteiger partial charge in [0.15, 0.2) is 0 Å². The Morgan fingerprint density at radius 1 is 1.06 bits per heavy atom. The number of hydrogen-bond donors (Lipinski definition) is 1. The van der Waals surface area contributed by atoms with Crippen LogP contribution < -0.4 is 10.1 Å². The number of halogens is 2. The summed E-state index contributed by atoms with van der Waals surface area (Å²) < 4.78 is 18.9. The molecule has 1 aliphatic rings. The Morgan fingerprint density at radius 2 is 1.84 bits per heavy atom. The fourth-order valence-corrected chi connectivity index (χ4v) is 3.37. The summed E-state index contributed by atoms with van der Waals surface area (Å²) in [6, 6.07) is 16.8. The number of amides is 1. The van der Waals surface area contributed by atoms with Crippen molar-refractivity contribution in [3.8, 4) is 17.6 Å². The maximum atomic E-state index is 13.7. The highest BCUT2D eigenvalue weighted by Gasteiger charge is 2.28. The lowest BCUT2D eigenvalue weighted by atomic mass is 9.93. The van der Waals surface area contributed by atoms with Gasteiger partial charge in [-0.1, -0.05) is 41.6 Å². The van der Waals surface area contributed by atoms with Crippen molar-refractivity contribution in [2.45, 2.75) is 6.42 Å². The van der Waals surface area contributed by atoms with E-state index in [2.05, 4.69) is 17.2 Å². The lowest BCUT2D eigenvalue weighted by molar-refractivity contribution is -0.112. The van der Waals surface area contributed by atoms with Crippen molar-refractivity contribution < 1.29 is 18.7 Å². The fraction of sp³-hybridized carbons (Fsp3) is 0.0769. The van der Waals surface area contributed by atoms with Crippen molar-refractivity contribution in [1.29, 1.82) is 0 Å². The van der Waals surface area contributed by atoms with E-state index < -0.39 is 17.5 Å². The largest absolute Gasteiger partial charge is 0.497 e. The number of methoxy groups -OCH3 is 1. The zero-order valence-corrected chi connectivity index (χ0v) is 17.8. The van der Waals surface area contributed by atoms with Crippen molar-refractivity contribution in [3.05, 3.63) is 99.3 Å². The third-order valence-corrected chi connectivity index (χ3v) is 5.25. The van der Waals surface area contributed by atoms with Crippen LogP contribution in [-0.2, 0) is 11.2 Å². The van der Waals surface area contributed by atoms with Gasteiger partial charge in [0.25, 0.3) is 5.91 Å². The number of Topliss-reactive ketones (excluding diaryl/α,β-unsaturated/α-hetero) is 1. The Bertz CT molecular complexity index is 1320. The Morgan fingerprint density at radius 3 is 2.56 bits per heavy atom. The molecule has 1 amide bonds. The number of nitrogens with one attached hydrogen (secondary N) is 1. The van der Waals surface area contributed by atoms with E-state index in [4.69, 9.17) is 16.3 Å². The van der Waals surface area contributed by atoms with E-state index in [-0.39, 0.29) is 10.6 Å². The normalized spacial score (nSPS) is 13.8. The number of ketones is 1. The molecule has 158 valence electrons. The predicted octanol–water partition coefficient (Wildman–Crippen LogP) is 5.30. The zero-order valence-electron chi connectivity index (χ0n) is 17.0. The van der Waals surface area contributed by atoms with Crippen LogP contribution >= 0.6 is 11.6 Å². The van der Waals surface area contributed by atoms with Crippen LogP contribution in [0.25, 0.3) is 6.08 Å². The van der Waals surface area contributed by atoms with E-state index in [1.54, 1.807) is 25.3 Å². The molecule has 0 fully saturated rings. The predicted molar refractivity (Wildman–Crippen MR) is 122 cm³/mol. The molecule has 3 aromatic carbocycles. The molecule has 0 unspecified atom stereocenters. The average molecular weight is 446 g/mol. The Balaban J connectivity index is 1.58. The van der Waals surface area contributed by atoms with Crippen LogP contribution in [0.4, 0.5) is 10.1 Å². The summed E-state index contributed by atoms with van der Waals surface area (Å²) >= 11 is 5.70. The van der Waals surface area contributed by atoms with Gasteiger partial charge in [0.2, 0.25) is 5.78 Å². The lowest BCUT2D eigenvalue weighted by Crippen LogP contribution is -2.27. The smallest absolute Gasteiger partial charge is 0.259 e. The Hall–Kier alpha value is -3.88. The third-order valence-electron chi connectivity index (χ3n) is 4.94. The van der Waals surface area contributed by atoms with Crippen LogP contribution in [0.3, 0.4) is 0 Å². The number of hydrogen-bond acceptors (Lipinski definition) is 3. The molecule has 0 aliphatic carbocycles. The minimum absolute atomic E-state index is 0.0326. The van der Waals surface area contributed by atoms with E-state index in [1.807, 2.05) is 24.3 Å². The van der Waals surface area contributed by atoms with Crippen LogP contribution in [0.1, 0.15) is 27.0 Å². The lowest BCUT2D eigenvalue weighted by Gasteiger charge is -2.18. The molecule has 3 aromatic rings. The van der Waals surface area contributed by atoms with Crippen molar-refractivity contribution in [3.63, 3.8) is 0 Å². The molecule has 0 spiro atoms. The molecular weight excluding hydrogens is 429 g/mol. The number of carbonyl (C=O) groups excluding carboxylic acids is 2. The van der Waals surface area contributed by atoms with Crippen molar-refractivity contribution >= 4 is 35.1 Å². The second-order valence-electron chi connectivity index (χ2n) is 7.10. The summed E-state index contributed by atoms with van der Waals surface area (Å²) in [5.74, 6) is 5.30. The molecular formula is C26H17ClFNO3. The van der Waals surface area contributed by atoms with Crippen molar-refractivity contribution in [1.82, 2.24) is 0 Å². The molecule has 0 saturated heterocycles. The van der Waals surface area contributed by atoms with E-state index in [0.717, 1.165) is 11.3 Å². The second-order valence-corrected chi connectivity index (χ2v) is 7.51. The van der Waals surface area contributed by atoms with Gasteiger partial charge >= 0.3 is 0 Å². The summed E-state index contributed by atoms with van der Waals surface area (Å²) in [6.45, 7) is 0. The highest BCUT2D eigenvalue weighted by molar-refractivity contribution is 6.36. The minimum atomic E-state index is -0.625. The molecule has 6 heteroatoms. The maximum absolute atomic E-state index is 13.7. The van der Waals surface area contributed by atoms with Crippen LogP contribution in [0.15, 0.2) is 66.2 Å². The number of carbonyl (C=O) groups is 2. The number of benzene rings is 3. The number of rotatable bonds is 3. The second kappa shape index (κ2) is 9.09. The van der Waals surface area contributed by atoms with Gasteiger partial charge in [-0.05, 0) is 59.7 Å². The van der Waals surface area contributed by atoms with Crippen LogP contribution in [0.2, 0.25) is 5.02 Å². The first kappa shape index (κ1) is 21.4. The molecule has 4 nitrogen and oxygen atoms in total. The van der Waals surface area contributed by atoms with Gasteiger partial charge in [-0.2, -0.15) is 0 Å². The van der Waals surface area contributed by atoms with Crippen molar-refractivity contribution in [2.24, 2.45) is 0 Å². The van der Waals surface area contributed by atoms with Crippen LogP contribution in [-0.4, -0.2) is 18.8 Å². The minimum Gasteiger partial charge on any atom is -0.497 e. The molecule has 32 heavy (non-hydrogen) atoms. The molecule has 1 N–H and O–H groups in total. The van der Waals surface area contributed by atoms with Gasteiger partial charge in [-0.3, -0.25) is 9.59 Å². The van der Waals surface area contributed by atoms with Gasteiger partial charge in [-0.15, -0.1) is 0 Å². The molecule has 4 rings (SSSR count). The number of ether oxygens (including phenoxy) is 1. The Labute approximate surface area is 189 Å². The SMILES string of the molecule is COc1ccc(CC#Cc2ccc3c(c2)C(=O)/C(=C\c2ccc(Cl)c(F)c2)C(=O)N3)cc1. The third kappa shape index (κ3) is 4.56. The van der Waals surface area contributed by atoms with Gasteiger partial charge in [0.1, 0.15) is 11.6 Å². The van der Waals surface area contributed by atoms with Gasteiger partial charge in [0.05, 0.1) is 23.4 Å². The van der Waals surface area contributed by atoms with Gasteiger partial charge in [-0.25, -0.2) is 4.39 Å². The highest BCUT2D eigenvalue weighted by atomic mass is 35.5.